The monoisotopic (exact) mass is 340 g/mol. The van der Waals surface area contributed by atoms with Gasteiger partial charge in [-0.3, -0.25) is 0 Å². The molecule has 4 rings (SSSR count). The standard InChI is InChI=1S/C19H24N4O2/c1-14-4-7-19(22-21-14)23-8-2-3-16(13-23)20-12-15-5-6-17-18(11-15)25-10-9-24-17/h4-7,11,16,20H,2-3,8-10,12-13H2,1H3. The second-order valence-corrected chi connectivity index (χ2v) is 6.68. The summed E-state index contributed by atoms with van der Waals surface area (Å²) in [4.78, 5) is 2.32. The SMILES string of the molecule is Cc1ccc(N2CCCC(NCc3ccc4c(c3)OCCO4)C2)nn1. The number of aryl methyl sites for hydroxylation is 1. The molecule has 3 heterocycles. The van der Waals surface area contributed by atoms with Gasteiger partial charge < -0.3 is 19.7 Å². The molecule has 1 N–H and O–H groups in total. The lowest BCUT2D eigenvalue weighted by Gasteiger charge is -2.34. The highest BCUT2D eigenvalue weighted by atomic mass is 16.6. The molecule has 0 saturated carbocycles. The number of aromatic nitrogens is 2. The van der Waals surface area contributed by atoms with Crippen molar-refractivity contribution < 1.29 is 9.47 Å². The van der Waals surface area contributed by atoms with Crippen LogP contribution < -0.4 is 19.7 Å². The minimum Gasteiger partial charge on any atom is -0.486 e. The van der Waals surface area contributed by atoms with Crippen molar-refractivity contribution in [3.63, 3.8) is 0 Å². The largest absolute Gasteiger partial charge is 0.486 e. The van der Waals surface area contributed by atoms with Gasteiger partial charge in [-0.15, -0.1) is 5.10 Å². The molecule has 6 heteroatoms. The van der Waals surface area contributed by atoms with E-state index in [4.69, 9.17) is 9.47 Å². The Balaban J connectivity index is 1.35. The first-order valence-corrected chi connectivity index (χ1v) is 8.95. The van der Waals surface area contributed by atoms with Gasteiger partial charge in [-0.05, 0) is 49.6 Å². The van der Waals surface area contributed by atoms with Gasteiger partial charge in [-0.2, -0.15) is 5.10 Å². The minimum absolute atomic E-state index is 0.449. The zero-order valence-corrected chi connectivity index (χ0v) is 14.6. The molecule has 25 heavy (non-hydrogen) atoms. The Morgan fingerprint density at radius 1 is 1.12 bits per heavy atom. The molecule has 1 saturated heterocycles. The van der Waals surface area contributed by atoms with Crippen molar-refractivity contribution >= 4 is 5.82 Å². The summed E-state index contributed by atoms with van der Waals surface area (Å²) in [6.07, 6.45) is 2.34. The molecular weight excluding hydrogens is 316 g/mol. The van der Waals surface area contributed by atoms with Crippen LogP contribution in [0, 0.1) is 6.92 Å². The number of anilines is 1. The van der Waals surface area contributed by atoms with E-state index in [9.17, 15) is 0 Å². The second-order valence-electron chi connectivity index (χ2n) is 6.68. The van der Waals surface area contributed by atoms with Crippen molar-refractivity contribution in [1.82, 2.24) is 15.5 Å². The maximum Gasteiger partial charge on any atom is 0.161 e. The highest BCUT2D eigenvalue weighted by molar-refractivity contribution is 5.44. The summed E-state index contributed by atoms with van der Waals surface area (Å²) >= 11 is 0. The van der Waals surface area contributed by atoms with Crippen molar-refractivity contribution in [2.24, 2.45) is 0 Å². The van der Waals surface area contributed by atoms with Crippen molar-refractivity contribution in [2.45, 2.75) is 32.4 Å². The molecule has 132 valence electrons. The lowest BCUT2D eigenvalue weighted by molar-refractivity contribution is 0.171. The molecule has 6 nitrogen and oxygen atoms in total. The molecule has 1 unspecified atom stereocenters. The van der Waals surface area contributed by atoms with Gasteiger partial charge in [0.2, 0.25) is 0 Å². The second kappa shape index (κ2) is 7.27. The zero-order chi connectivity index (χ0) is 17.1. The minimum atomic E-state index is 0.449. The fourth-order valence-electron chi connectivity index (χ4n) is 3.37. The van der Waals surface area contributed by atoms with Crippen LogP contribution in [-0.4, -0.2) is 42.5 Å². The highest BCUT2D eigenvalue weighted by Crippen LogP contribution is 2.30. The van der Waals surface area contributed by atoms with Crippen LogP contribution in [-0.2, 0) is 6.54 Å². The van der Waals surface area contributed by atoms with Crippen molar-refractivity contribution in [1.29, 1.82) is 0 Å². The van der Waals surface area contributed by atoms with Crippen LogP contribution >= 0.6 is 0 Å². The maximum absolute atomic E-state index is 5.66. The van der Waals surface area contributed by atoms with E-state index in [1.807, 2.05) is 19.1 Å². The Bertz CT molecular complexity index is 720. The van der Waals surface area contributed by atoms with Crippen LogP contribution in [0.15, 0.2) is 30.3 Å². The number of hydrogen-bond acceptors (Lipinski definition) is 6. The number of piperidine rings is 1. The smallest absolute Gasteiger partial charge is 0.161 e. The summed E-state index contributed by atoms with van der Waals surface area (Å²) in [5.74, 6) is 2.67. The van der Waals surface area contributed by atoms with Crippen LogP contribution in [0.3, 0.4) is 0 Å². The topological polar surface area (TPSA) is 59.5 Å². The summed E-state index contributed by atoms with van der Waals surface area (Å²) in [5, 5.41) is 12.2. The molecular formula is C19H24N4O2. The molecule has 1 atom stereocenters. The Morgan fingerprint density at radius 2 is 2.00 bits per heavy atom. The van der Waals surface area contributed by atoms with Gasteiger partial charge in [-0.25, -0.2) is 0 Å². The first-order chi connectivity index (χ1) is 12.3. The lowest BCUT2D eigenvalue weighted by Crippen LogP contribution is -2.45. The summed E-state index contributed by atoms with van der Waals surface area (Å²) in [5.41, 5.74) is 2.17. The van der Waals surface area contributed by atoms with Gasteiger partial charge >= 0.3 is 0 Å². The summed E-state index contributed by atoms with van der Waals surface area (Å²) in [7, 11) is 0. The average molecular weight is 340 g/mol. The number of fused-ring (bicyclic) bond motifs is 1. The predicted octanol–water partition coefficient (Wildman–Crippen LogP) is 2.31. The molecule has 0 bridgehead atoms. The van der Waals surface area contributed by atoms with Gasteiger partial charge in [0.15, 0.2) is 17.3 Å². The molecule has 2 aliphatic heterocycles. The van der Waals surface area contributed by atoms with E-state index in [0.717, 1.165) is 49.1 Å². The first kappa shape index (κ1) is 16.1. The normalized spacial score (nSPS) is 19.7. The zero-order valence-electron chi connectivity index (χ0n) is 14.6. The first-order valence-electron chi connectivity index (χ1n) is 8.95. The Labute approximate surface area is 148 Å². The van der Waals surface area contributed by atoms with Crippen LogP contribution in [0.25, 0.3) is 0 Å². The third kappa shape index (κ3) is 3.85. The molecule has 2 aromatic rings. The van der Waals surface area contributed by atoms with E-state index >= 15 is 0 Å². The van der Waals surface area contributed by atoms with Gasteiger partial charge in [-0.1, -0.05) is 6.07 Å². The van der Waals surface area contributed by atoms with Gasteiger partial charge in [0.05, 0.1) is 5.69 Å². The molecule has 2 aliphatic rings. The molecule has 0 aliphatic carbocycles. The summed E-state index contributed by atoms with van der Waals surface area (Å²) in [6.45, 7) is 6.05. The van der Waals surface area contributed by atoms with E-state index in [2.05, 4.69) is 38.6 Å². The van der Waals surface area contributed by atoms with E-state index in [1.54, 1.807) is 0 Å². The van der Waals surface area contributed by atoms with Crippen LogP contribution in [0.5, 0.6) is 11.5 Å². The van der Waals surface area contributed by atoms with E-state index in [0.29, 0.717) is 19.3 Å². The third-order valence-electron chi connectivity index (χ3n) is 4.73. The fraction of sp³-hybridized carbons (Fsp3) is 0.474. The molecule has 1 fully saturated rings. The fourth-order valence-corrected chi connectivity index (χ4v) is 3.37. The number of rotatable bonds is 4. The van der Waals surface area contributed by atoms with Gasteiger partial charge in [0.25, 0.3) is 0 Å². The van der Waals surface area contributed by atoms with E-state index < -0.39 is 0 Å². The number of hydrogen-bond donors (Lipinski definition) is 1. The lowest BCUT2D eigenvalue weighted by atomic mass is 10.0. The molecule has 1 aromatic carbocycles. The predicted molar refractivity (Wildman–Crippen MR) is 96.3 cm³/mol. The van der Waals surface area contributed by atoms with Crippen molar-refractivity contribution in [3.8, 4) is 11.5 Å². The Kier molecular flexibility index (Phi) is 4.70. The quantitative estimate of drug-likeness (QED) is 0.922. The van der Waals surface area contributed by atoms with Crippen LogP contribution in [0.2, 0.25) is 0 Å². The number of nitrogens with zero attached hydrogens (tertiary/aromatic N) is 3. The molecule has 0 amide bonds. The van der Waals surface area contributed by atoms with Gasteiger partial charge in [0.1, 0.15) is 13.2 Å². The highest BCUT2D eigenvalue weighted by Gasteiger charge is 2.21. The van der Waals surface area contributed by atoms with E-state index in [-0.39, 0.29) is 0 Å². The summed E-state index contributed by atoms with van der Waals surface area (Å²) < 4.78 is 11.2. The van der Waals surface area contributed by atoms with Crippen LogP contribution in [0.4, 0.5) is 5.82 Å². The van der Waals surface area contributed by atoms with Crippen molar-refractivity contribution in [2.75, 3.05) is 31.2 Å². The molecule has 0 radical (unpaired) electrons. The maximum atomic E-state index is 5.66. The summed E-state index contributed by atoms with van der Waals surface area (Å²) in [6, 6.07) is 10.7. The number of benzene rings is 1. The Hall–Kier alpha value is -2.34. The van der Waals surface area contributed by atoms with Gasteiger partial charge in [0, 0.05) is 25.7 Å². The molecule has 1 aromatic heterocycles. The Morgan fingerprint density at radius 3 is 2.84 bits per heavy atom. The molecule has 0 spiro atoms. The van der Waals surface area contributed by atoms with Crippen molar-refractivity contribution in [3.05, 3.63) is 41.6 Å². The average Bonchev–Trinajstić information content (AvgIpc) is 2.67. The third-order valence-corrected chi connectivity index (χ3v) is 4.73. The number of nitrogens with one attached hydrogen (secondary N) is 1. The number of ether oxygens (including phenoxy) is 2. The van der Waals surface area contributed by atoms with Crippen LogP contribution in [0.1, 0.15) is 24.1 Å². The van der Waals surface area contributed by atoms with E-state index in [1.165, 1.54) is 12.0 Å².